The molecule has 0 atom stereocenters. The van der Waals surface area contributed by atoms with Gasteiger partial charge in [0.1, 0.15) is 18.0 Å². The van der Waals surface area contributed by atoms with Crippen LogP contribution in [-0.2, 0) is 0 Å². The van der Waals surface area contributed by atoms with Gasteiger partial charge in [-0.05, 0) is 31.8 Å². The minimum absolute atomic E-state index is 0.263. The highest BCUT2D eigenvalue weighted by molar-refractivity contribution is 5.48. The van der Waals surface area contributed by atoms with Gasteiger partial charge >= 0.3 is 0 Å². The molecule has 1 N–H and O–H groups in total. The van der Waals surface area contributed by atoms with E-state index in [0.29, 0.717) is 5.92 Å². The Morgan fingerprint density at radius 1 is 1.19 bits per heavy atom. The highest BCUT2D eigenvalue weighted by Crippen LogP contribution is 2.21. The lowest BCUT2D eigenvalue weighted by Gasteiger charge is -2.33. The van der Waals surface area contributed by atoms with Gasteiger partial charge in [0.05, 0.1) is 6.61 Å². The maximum atomic E-state index is 8.98. The molecule has 0 bridgehead atoms. The van der Waals surface area contributed by atoms with Crippen LogP contribution in [-0.4, -0.2) is 73.9 Å². The van der Waals surface area contributed by atoms with E-state index in [1.807, 2.05) is 25.1 Å². The normalized spacial score (nSPS) is 17.0. The van der Waals surface area contributed by atoms with Crippen LogP contribution >= 0.6 is 0 Å². The zero-order chi connectivity index (χ0) is 15.2. The molecule has 1 aromatic rings. The van der Waals surface area contributed by atoms with E-state index >= 15 is 0 Å². The van der Waals surface area contributed by atoms with Crippen LogP contribution in [0.3, 0.4) is 0 Å². The van der Waals surface area contributed by atoms with E-state index in [0.717, 1.165) is 37.8 Å². The Morgan fingerprint density at radius 3 is 2.48 bits per heavy atom. The van der Waals surface area contributed by atoms with Crippen molar-refractivity contribution in [3.8, 4) is 0 Å². The second kappa shape index (κ2) is 7.56. The molecule has 2 heterocycles. The number of piperidine rings is 1. The molecule has 21 heavy (non-hydrogen) atoms. The fourth-order valence-electron chi connectivity index (χ4n) is 2.81. The number of likely N-dealkylation sites (tertiary alicyclic amines) is 1. The second-order valence-electron chi connectivity index (χ2n) is 6.02. The summed E-state index contributed by atoms with van der Waals surface area (Å²) in [6.07, 6.45) is 4.01. The molecule has 1 aliphatic rings. The van der Waals surface area contributed by atoms with Gasteiger partial charge in [-0.1, -0.05) is 0 Å². The Kier molecular flexibility index (Phi) is 5.76. The van der Waals surface area contributed by atoms with Crippen molar-refractivity contribution in [1.82, 2.24) is 14.9 Å². The number of hydrogen-bond acceptors (Lipinski definition) is 6. The first-order chi connectivity index (χ1) is 10.1. The van der Waals surface area contributed by atoms with Gasteiger partial charge < -0.3 is 19.8 Å². The number of aliphatic hydroxyl groups excluding tert-OH is 1. The van der Waals surface area contributed by atoms with Crippen LogP contribution in [0.1, 0.15) is 12.8 Å². The van der Waals surface area contributed by atoms with Crippen molar-refractivity contribution in [1.29, 1.82) is 0 Å². The van der Waals surface area contributed by atoms with Crippen molar-refractivity contribution < 1.29 is 5.11 Å². The van der Waals surface area contributed by atoms with E-state index in [2.05, 4.69) is 26.8 Å². The van der Waals surface area contributed by atoms with E-state index in [9.17, 15) is 0 Å². The second-order valence-corrected chi connectivity index (χ2v) is 6.02. The number of rotatable bonds is 6. The lowest BCUT2D eigenvalue weighted by atomic mass is 9.96. The zero-order valence-electron chi connectivity index (χ0n) is 13.4. The van der Waals surface area contributed by atoms with Gasteiger partial charge in [0.2, 0.25) is 0 Å². The summed E-state index contributed by atoms with van der Waals surface area (Å²) in [4.78, 5) is 15.2. The number of β-amino-alcohol motifs (C(OH)–C–C–N with tert-alkyl or cyclic N) is 1. The van der Waals surface area contributed by atoms with Crippen molar-refractivity contribution in [3.05, 3.63) is 12.4 Å². The largest absolute Gasteiger partial charge is 0.395 e. The summed E-state index contributed by atoms with van der Waals surface area (Å²) in [5.41, 5.74) is 0. The highest BCUT2D eigenvalue weighted by Gasteiger charge is 2.20. The predicted molar refractivity (Wildman–Crippen MR) is 85.9 cm³/mol. The van der Waals surface area contributed by atoms with Crippen molar-refractivity contribution in [2.75, 3.05) is 63.7 Å². The SMILES string of the molecule is CN(C)c1cc(N(C)CC2CCN(CCO)CC2)ncn1. The van der Waals surface area contributed by atoms with E-state index in [-0.39, 0.29) is 6.61 Å². The van der Waals surface area contributed by atoms with Gasteiger partial charge in [-0.2, -0.15) is 0 Å². The van der Waals surface area contributed by atoms with Crippen LogP contribution in [0.4, 0.5) is 11.6 Å². The molecule has 1 saturated heterocycles. The van der Waals surface area contributed by atoms with Gasteiger partial charge in [-0.15, -0.1) is 0 Å². The van der Waals surface area contributed by atoms with Crippen LogP contribution < -0.4 is 9.80 Å². The molecule has 1 aromatic heterocycles. The Morgan fingerprint density at radius 2 is 1.86 bits per heavy atom. The Bertz CT molecular complexity index is 432. The summed E-state index contributed by atoms with van der Waals surface area (Å²) in [6.45, 7) is 4.27. The molecule has 0 saturated carbocycles. The molecule has 118 valence electrons. The van der Waals surface area contributed by atoms with Crippen molar-refractivity contribution in [2.24, 2.45) is 5.92 Å². The number of hydrogen-bond donors (Lipinski definition) is 1. The Labute approximate surface area is 127 Å². The minimum Gasteiger partial charge on any atom is -0.395 e. The monoisotopic (exact) mass is 293 g/mol. The number of aromatic nitrogens is 2. The third-order valence-electron chi connectivity index (χ3n) is 4.14. The van der Waals surface area contributed by atoms with E-state index in [1.165, 1.54) is 12.8 Å². The van der Waals surface area contributed by atoms with E-state index in [1.54, 1.807) is 6.33 Å². The van der Waals surface area contributed by atoms with E-state index < -0.39 is 0 Å². The third-order valence-corrected chi connectivity index (χ3v) is 4.14. The van der Waals surface area contributed by atoms with Gasteiger partial charge in [0.15, 0.2) is 0 Å². The molecule has 0 unspecified atom stereocenters. The summed E-state index contributed by atoms with van der Waals surface area (Å²) < 4.78 is 0. The molecule has 6 heteroatoms. The first-order valence-corrected chi connectivity index (χ1v) is 7.64. The van der Waals surface area contributed by atoms with Crippen LogP contribution in [0.2, 0.25) is 0 Å². The molecule has 6 nitrogen and oxygen atoms in total. The molecule has 1 aliphatic heterocycles. The van der Waals surface area contributed by atoms with Crippen molar-refractivity contribution in [3.63, 3.8) is 0 Å². The fraction of sp³-hybridized carbons (Fsp3) is 0.733. The summed E-state index contributed by atoms with van der Waals surface area (Å²) in [7, 11) is 6.08. The van der Waals surface area contributed by atoms with Crippen molar-refractivity contribution in [2.45, 2.75) is 12.8 Å². The first kappa shape index (κ1) is 16.0. The third kappa shape index (κ3) is 4.54. The minimum atomic E-state index is 0.263. The quantitative estimate of drug-likeness (QED) is 0.832. The van der Waals surface area contributed by atoms with Gasteiger partial charge in [-0.25, -0.2) is 9.97 Å². The average Bonchev–Trinajstić information content (AvgIpc) is 2.49. The molecule has 0 aliphatic carbocycles. The molecule has 0 amide bonds. The first-order valence-electron chi connectivity index (χ1n) is 7.64. The Balaban J connectivity index is 1.87. The van der Waals surface area contributed by atoms with Gasteiger partial charge in [-0.3, -0.25) is 0 Å². The molecule has 0 spiro atoms. The summed E-state index contributed by atoms with van der Waals surface area (Å²) >= 11 is 0. The molecule has 0 aromatic carbocycles. The summed E-state index contributed by atoms with van der Waals surface area (Å²) in [6, 6.07) is 2.03. The number of nitrogens with zero attached hydrogens (tertiary/aromatic N) is 5. The molecule has 0 radical (unpaired) electrons. The average molecular weight is 293 g/mol. The maximum Gasteiger partial charge on any atom is 0.133 e. The predicted octanol–water partition coefficient (Wildman–Crippen LogP) is 0.683. The maximum absolute atomic E-state index is 8.98. The van der Waals surface area contributed by atoms with Crippen LogP contribution in [0.15, 0.2) is 12.4 Å². The number of aliphatic hydroxyl groups is 1. The molecular formula is C15H27N5O. The fourth-order valence-corrected chi connectivity index (χ4v) is 2.81. The lowest BCUT2D eigenvalue weighted by molar-refractivity contribution is 0.149. The molecule has 1 fully saturated rings. The Hall–Kier alpha value is -1.40. The van der Waals surface area contributed by atoms with Gasteiger partial charge in [0.25, 0.3) is 0 Å². The van der Waals surface area contributed by atoms with Gasteiger partial charge in [0, 0.05) is 40.3 Å². The van der Waals surface area contributed by atoms with Crippen LogP contribution in [0.5, 0.6) is 0 Å². The van der Waals surface area contributed by atoms with Crippen molar-refractivity contribution >= 4 is 11.6 Å². The van der Waals surface area contributed by atoms with Crippen LogP contribution in [0, 0.1) is 5.92 Å². The zero-order valence-corrected chi connectivity index (χ0v) is 13.4. The summed E-state index contributed by atoms with van der Waals surface area (Å²) in [5, 5.41) is 8.98. The van der Waals surface area contributed by atoms with Crippen LogP contribution in [0.25, 0.3) is 0 Å². The molecular weight excluding hydrogens is 266 g/mol. The highest BCUT2D eigenvalue weighted by atomic mass is 16.3. The number of anilines is 2. The molecule has 2 rings (SSSR count). The standard InChI is InChI=1S/C15H27N5O/c1-18(2)14-10-15(17-12-16-14)19(3)11-13-4-6-20(7-5-13)8-9-21/h10,12-13,21H,4-9,11H2,1-3H3. The van der Waals surface area contributed by atoms with E-state index in [4.69, 9.17) is 5.11 Å². The lowest BCUT2D eigenvalue weighted by Crippen LogP contribution is -2.39. The topological polar surface area (TPSA) is 55.7 Å². The summed E-state index contributed by atoms with van der Waals surface area (Å²) in [5.74, 6) is 2.61. The smallest absolute Gasteiger partial charge is 0.133 e.